The highest BCUT2D eigenvalue weighted by Gasteiger charge is 2.18. The van der Waals surface area contributed by atoms with Crippen LogP contribution in [0.25, 0.3) is 0 Å². The summed E-state index contributed by atoms with van der Waals surface area (Å²) in [5.74, 6) is -0.186. The molecule has 3 aromatic rings. The van der Waals surface area contributed by atoms with Crippen LogP contribution in [0.4, 0.5) is 15.8 Å². The van der Waals surface area contributed by atoms with Crippen LogP contribution in [-0.2, 0) is 10.0 Å². The van der Waals surface area contributed by atoms with E-state index in [2.05, 4.69) is 4.72 Å². The lowest BCUT2D eigenvalue weighted by Gasteiger charge is -2.11. The topological polar surface area (TPSA) is 98.5 Å². The van der Waals surface area contributed by atoms with E-state index >= 15 is 0 Å². The first-order valence-electron chi connectivity index (χ1n) is 8.05. The van der Waals surface area contributed by atoms with Crippen LogP contribution < -0.4 is 9.46 Å². The van der Waals surface area contributed by atoms with E-state index in [9.17, 15) is 22.9 Å². The number of nitro benzene ring substituents is 1. The molecule has 3 aromatic carbocycles. The van der Waals surface area contributed by atoms with E-state index in [1.807, 2.05) is 6.92 Å². The fourth-order valence-corrected chi connectivity index (χ4v) is 3.42. The van der Waals surface area contributed by atoms with Crippen LogP contribution in [0.1, 0.15) is 5.56 Å². The molecule has 0 unspecified atom stereocenters. The lowest BCUT2D eigenvalue weighted by Crippen LogP contribution is -2.13. The minimum Gasteiger partial charge on any atom is -0.457 e. The van der Waals surface area contributed by atoms with Gasteiger partial charge in [0.05, 0.1) is 21.6 Å². The molecule has 1 N–H and O–H groups in total. The maximum atomic E-state index is 13.0. The second kappa shape index (κ2) is 7.65. The number of rotatable bonds is 6. The standard InChI is InChI=1S/C19H15FN2O5S/c1-13-2-8-19(9-3-13)28(25,26)21-15-10-16(22(23)24)12-18(11-15)27-17-6-4-14(20)5-7-17/h2-12,21H,1H3. The SMILES string of the molecule is Cc1ccc(S(=O)(=O)Nc2cc(Oc3ccc(F)cc3)cc([N+](=O)[O-])c2)cc1. The minimum atomic E-state index is -3.95. The van der Waals surface area contributed by atoms with Crippen molar-refractivity contribution in [3.63, 3.8) is 0 Å². The third-order valence-corrected chi connectivity index (χ3v) is 5.13. The number of non-ortho nitro benzene ring substituents is 1. The molecule has 144 valence electrons. The van der Waals surface area contributed by atoms with Gasteiger partial charge in [0.25, 0.3) is 15.7 Å². The first-order valence-corrected chi connectivity index (χ1v) is 9.54. The van der Waals surface area contributed by atoms with Gasteiger partial charge >= 0.3 is 0 Å². The number of benzene rings is 3. The predicted molar refractivity (Wildman–Crippen MR) is 102 cm³/mol. The van der Waals surface area contributed by atoms with Gasteiger partial charge in [0.1, 0.15) is 17.3 Å². The van der Waals surface area contributed by atoms with E-state index in [1.165, 1.54) is 42.5 Å². The highest BCUT2D eigenvalue weighted by Crippen LogP contribution is 2.31. The number of hydrogen-bond acceptors (Lipinski definition) is 5. The van der Waals surface area contributed by atoms with Crippen molar-refractivity contribution in [1.29, 1.82) is 0 Å². The van der Waals surface area contributed by atoms with Gasteiger partial charge in [-0.3, -0.25) is 14.8 Å². The van der Waals surface area contributed by atoms with E-state index in [-0.39, 0.29) is 27.8 Å². The Bertz CT molecular complexity index is 1110. The number of nitro groups is 1. The average Bonchev–Trinajstić information content (AvgIpc) is 2.63. The van der Waals surface area contributed by atoms with E-state index in [0.717, 1.165) is 17.7 Å². The number of nitrogens with zero attached hydrogens (tertiary/aromatic N) is 1. The molecule has 0 heterocycles. The molecule has 0 aliphatic rings. The Morgan fingerprint density at radius 3 is 2.21 bits per heavy atom. The highest BCUT2D eigenvalue weighted by molar-refractivity contribution is 7.92. The maximum absolute atomic E-state index is 13.0. The zero-order valence-electron chi connectivity index (χ0n) is 14.6. The Morgan fingerprint density at radius 2 is 1.61 bits per heavy atom. The molecular weight excluding hydrogens is 387 g/mol. The molecule has 3 rings (SSSR count). The highest BCUT2D eigenvalue weighted by atomic mass is 32.2. The molecule has 0 saturated carbocycles. The molecule has 0 atom stereocenters. The van der Waals surface area contributed by atoms with Crippen molar-refractivity contribution < 1.29 is 22.5 Å². The van der Waals surface area contributed by atoms with E-state index in [4.69, 9.17) is 4.74 Å². The van der Waals surface area contributed by atoms with Crippen molar-refractivity contribution >= 4 is 21.4 Å². The Balaban J connectivity index is 1.93. The monoisotopic (exact) mass is 402 g/mol. The molecule has 0 spiro atoms. The molecule has 0 bridgehead atoms. The van der Waals surface area contributed by atoms with E-state index < -0.39 is 20.8 Å². The molecule has 0 aliphatic carbocycles. The van der Waals surface area contributed by atoms with Crippen molar-refractivity contribution in [3.05, 3.63) is 88.2 Å². The Morgan fingerprint density at radius 1 is 0.964 bits per heavy atom. The average molecular weight is 402 g/mol. The Kier molecular flexibility index (Phi) is 5.27. The van der Waals surface area contributed by atoms with Crippen molar-refractivity contribution in [2.75, 3.05) is 4.72 Å². The van der Waals surface area contributed by atoms with Gasteiger partial charge in [0.2, 0.25) is 0 Å². The van der Waals surface area contributed by atoms with Crippen LogP contribution >= 0.6 is 0 Å². The van der Waals surface area contributed by atoms with Gasteiger partial charge in [-0.1, -0.05) is 17.7 Å². The largest absolute Gasteiger partial charge is 0.457 e. The van der Waals surface area contributed by atoms with Crippen LogP contribution in [0.5, 0.6) is 11.5 Å². The number of nitrogens with one attached hydrogen (secondary N) is 1. The number of ether oxygens (including phenoxy) is 1. The molecule has 0 aliphatic heterocycles. The zero-order chi connectivity index (χ0) is 20.3. The normalized spacial score (nSPS) is 11.1. The number of sulfonamides is 1. The summed E-state index contributed by atoms with van der Waals surface area (Å²) in [6, 6.07) is 14.8. The van der Waals surface area contributed by atoms with Gasteiger partial charge in [-0.2, -0.15) is 0 Å². The van der Waals surface area contributed by atoms with Crippen molar-refractivity contribution in [2.24, 2.45) is 0 Å². The molecule has 0 aromatic heterocycles. The van der Waals surface area contributed by atoms with E-state index in [0.29, 0.717) is 0 Å². The van der Waals surface area contributed by atoms with E-state index in [1.54, 1.807) is 12.1 Å². The third kappa shape index (κ3) is 4.63. The number of hydrogen-bond donors (Lipinski definition) is 1. The number of halogens is 1. The van der Waals surface area contributed by atoms with Gasteiger partial charge in [-0.15, -0.1) is 0 Å². The predicted octanol–water partition coefficient (Wildman–Crippen LogP) is 4.64. The fourth-order valence-electron chi connectivity index (χ4n) is 2.38. The first-order chi connectivity index (χ1) is 13.2. The van der Waals surface area contributed by atoms with Crippen LogP contribution in [0.15, 0.2) is 71.6 Å². The quantitative estimate of drug-likeness (QED) is 0.479. The summed E-state index contributed by atoms with van der Waals surface area (Å²) in [4.78, 5) is 10.6. The van der Waals surface area contributed by atoms with Gasteiger partial charge in [-0.25, -0.2) is 12.8 Å². The number of anilines is 1. The Hall–Kier alpha value is -3.46. The third-order valence-electron chi connectivity index (χ3n) is 3.73. The summed E-state index contributed by atoms with van der Waals surface area (Å²) in [5, 5.41) is 11.2. The van der Waals surface area contributed by atoms with Gasteiger partial charge in [0, 0.05) is 12.1 Å². The van der Waals surface area contributed by atoms with Gasteiger partial charge in [-0.05, 0) is 43.3 Å². The van der Waals surface area contributed by atoms with Crippen LogP contribution in [0, 0.1) is 22.9 Å². The second-order valence-corrected chi connectivity index (χ2v) is 7.63. The fraction of sp³-hybridized carbons (Fsp3) is 0.0526. The van der Waals surface area contributed by atoms with Gasteiger partial charge < -0.3 is 4.74 Å². The van der Waals surface area contributed by atoms with Crippen LogP contribution in [-0.4, -0.2) is 13.3 Å². The summed E-state index contributed by atoms with van der Waals surface area (Å²) in [6.07, 6.45) is 0. The zero-order valence-corrected chi connectivity index (χ0v) is 15.4. The minimum absolute atomic E-state index is 0.0191. The number of aryl methyl sites for hydroxylation is 1. The maximum Gasteiger partial charge on any atom is 0.275 e. The molecule has 9 heteroatoms. The molecule has 0 radical (unpaired) electrons. The van der Waals surface area contributed by atoms with Crippen molar-refractivity contribution in [2.45, 2.75) is 11.8 Å². The summed E-state index contributed by atoms with van der Waals surface area (Å²) >= 11 is 0. The lowest BCUT2D eigenvalue weighted by molar-refractivity contribution is -0.384. The van der Waals surface area contributed by atoms with Crippen LogP contribution in [0.3, 0.4) is 0 Å². The lowest BCUT2D eigenvalue weighted by atomic mass is 10.2. The van der Waals surface area contributed by atoms with Crippen LogP contribution in [0.2, 0.25) is 0 Å². The van der Waals surface area contributed by atoms with Crippen molar-refractivity contribution in [1.82, 2.24) is 0 Å². The molecule has 0 fully saturated rings. The molecule has 7 nitrogen and oxygen atoms in total. The molecular formula is C19H15FN2O5S. The second-order valence-electron chi connectivity index (χ2n) is 5.95. The molecule has 0 amide bonds. The molecule has 28 heavy (non-hydrogen) atoms. The smallest absolute Gasteiger partial charge is 0.275 e. The summed E-state index contributed by atoms with van der Waals surface area (Å²) in [6.45, 7) is 1.82. The first kappa shape index (κ1) is 19.3. The summed E-state index contributed by atoms with van der Waals surface area (Å²) < 4.78 is 45.9. The van der Waals surface area contributed by atoms with Gasteiger partial charge in [0.15, 0.2) is 0 Å². The molecule has 0 saturated heterocycles. The van der Waals surface area contributed by atoms with Crippen molar-refractivity contribution in [3.8, 4) is 11.5 Å². The summed E-state index contributed by atoms with van der Waals surface area (Å²) in [7, 11) is -3.95. The summed E-state index contributed by atoms with van der Waals surface area (Å²) in [5.41, 5.74) is 0.498. The Labute approximate surface area is 160 Å².